The molecular formula is C10H18S. The molecule has 0 radical (unpaired) electrons. The summed E-state index contributed by atoms with van der Waals surface area (Å²) in [6, 6.07) is 0. The zero-order chi connectivity index (χ0) is 7.84. The Balaban J connectivity index is 1.82. The predicted octanol–water partition coefficient (Wildman–Crippen LogP) is 3.32. The van der Waals surface area contributed by atoms with Crippen molar-refractivity contribution in [2.75, 3.05) is 0 Å². The minimum Gasteiger partial charge on any atom is -0.155 e. The van der Waals surface area contributed by atoms with Gasteiger partial charge in [-0.05, 0) is 42.8 Å². The molecule has 0 nitrogen and oxygen atoms in total. The molecule has 0 heterocycles. The van der Waals surface area contributed by atoms with E-state index in [0.29, 0.717) is 0 Å². The SMILES string of the molecule is CC(C)SC(C1CC1)C1CC1. The molecule has 0 spiro atoms. The zero-order valence-corrected chi connectivity index (χ0v) is 8.36. The van der Waals surface area contributed by atoms with Crippen molar-refractivity contribution in [1.82, 2.24) is 0 Å². The molecule has 0 aromatic carbocycles. The largest absolute Gasteiger partial charge is 0.155 e. The lowest BCUT2D eigenvalue weighted by molar-refractivity contribution is 0.671. The molecule has 1 heteroatoms. The van der Waals surface area contributed by atoms with Crippen molar-refractivity contribution in [2.45, 2.75) is 50.0 Å². The van der Waals surface area contributed by atoms with E-state index in [1.54, 1.807) is 0 Å². The lowest BCUT2D eigenvalue weighted by Crippen LogP contribution is -2.11. The Morgan fingerprint density at radius 3 is 1.73 bits per heavy atom. The van der Waals surface area contributed by atoms with Gasteiger partial charge in [-0.2, -0.15) is 11.8 Å². The molecule has 2 aliphatic carbocycles. The highest BCUT2D eigenvalue weighted by atomic mass is 32.2. The predicted molar refractivity (Wildman–Crippen MR) is 52.0 cm³/mol. The molecule has 0 amide bonds. The normalized spacial score (nSPS) is 25.1. The van der Waals surface area contributed by atoms with Crippen LogP contribution in [0.15, 0.2) is 0 Å². The van der Waals surface area contributed by atoms with Gasteiger partial charge >= 0.3 is 0 Å². The van der Waals surface area contributed by atoms with Crippen LogP contribution >= 0.6 is 11.8 Å². The number of hydrogen-bond donors (Lipinski definition) is 0. The smallest absolute Gasteiger partial charge is 0.0106 e. The van der Waals surface area contributed by atoms with Crippen LogP contribution in [0.3, 0.4) is 0 Å². The van der Waals surface area contributed by atoms with Crippen LogP contribution in [0.5, 0.6) is 0 Å². The minimum atomic E-state index is 0.848. The van der Waals surface area contributed by atoms with Crippen molar-refractivity contribution in [1.29, 1.82) is 0 Å². The fraction of sp³-hybridized carbons (Fsp3) is 1.00. The monoisotopic (exact) mass is 170 g/mol. The van der Waals surface area contributed by atoms with Crippen molar-refractivity contribution >= 4 is 11.8 Å². The van der Waals surface area contributed by atoms with Crippen molar-refractivity contribution < 1.29 is 0 Å². The fourth-order valence-electron chi connectivity index (χ4n) is 1.77. The zero-order valence-electron chi connectivity index (χ0n) is 7.55. The molecule has 0 aromatic heterocycles. The lowest BCUT2D eigenvalue weighted by Gasteiger charge is -2.17. The molecule has 0 aromatic rings. The first-order valence-electron chi connectivity index (χ1n) is 4.93. The van der Waals surface area contributed by atoms with Crippen LogP contribution in [0.25, 0.3) is 0 Å². The summed E-state index contributed by atoms with van der Waals surface area (Å²) in [6.07, 6.45) is 6.11. The van der Waals surface area contributed by atoms with Crippen LogP contribution in [0, 0.1) is 11.8 Å². The summed E-state index contributed by atoms with van der Waals surface area (Å²) in [7, 11) is 0. The average Bonchev–Trinajstić information content (AvgIpc) is 2.79. The molecule has 0 atom stereocenters. The second-order valence-electron chi connectivity index (χ2n) is 4.32. The van der Waals surface area contributed by atoms with Crippen molar-refractivity contribution in [3.05, 3.63) is 0 Å². The van der Waals surface area contributed by atoms with E-state index < -0.39 is 0 Å². The maximum atomic E-state index is 2.34. The Kier molecular flexibility index (Phi) is 2.18. The quantitative estimate of drug-likeness (QED) is 0.623. The van der Waals surface area contributed by atoms with Crippen LogP contribution in [0.4, 0.5) is 0 Å². The first-order chi connectivity index (χ1) is 5.27. The van der Waals surface area contributed by atoms with Gasteiger partial charge in [0.1, 0.15) is 0 Å². The van der Waals surface area contributed by atoms with Crippen molar-refractivity contribution in [2.24, 2.45) is 11.8 Å². The van der Waals surface area contributed by atoms with Gasteiger partial charge in [0, 0.05) is 5.25 Å². The Morgan fingerprint density at radius 2 is 1.45 bits per heavy atom. The van der Waals surface area contributed by atoms with E-state index in [0.717, 1.165) is 22.3 Å². The molecule has 0 bridgehead atoms. The average molecular weight is 170 g/mol. The summed E-state index contributed by atoms with van der Waals surface area (Å²) in [6.45, 7) is 4.67. The van der Waals surface area contributed by atoms with E-state index in [4.69, 9.17) is 0 Å². The third-order valence-corrected chi connectivity index (χ3v) is 4.23. The first-order valence-corrected chi connectivity index (χ1v) is 5.87. The number of rotatable bonds is 4. The first kappa shape index (κ1) is 7.97. The highest BCUT2D eigenvalue weighted by Crippen LogP contribution is 2.51. The molecule has 64 valence electrons. The van der Waals surface area contributed by atoms with Gasteiger partial charge in [0.25, 0.3) is 0 Å². The third kappa shape index (κ3) is 2.14. The molecule has 0 N–H and O–H groups in total. The summed E-state index contributed by atoms with van der Waals surface area (Å²) in [5.74, 6) is 2.24. The highest BCUT2D eigenvalue weighted by Gasteiger charge is 2.41. The van der Waals surface area contributed by atoms with E-state index in [1.807, 2.05) is 0 Å². The summed E-state index contributed by atoms with van der Waals surface area (Å²) in [5, 5.41) is 1.90. The van der Waals surface area contributed by atoms with Gasteiger partial charge in [-0.25, -0.2) is 0 Å². The van der Waals surface area contributed by atoms with E-state index in [1.165, 1.54) is 25.7 Å². The maximum Gasteiger partial charge on any atom is 0.0106 e. The maximum absolute atomic E-state index is 2.34. The Bertz CT molecular complexity index is 122. The van der Waals surface area contributed by atoms with Crippen LogP contribution in [-0.4, -0.2) is 10.5 Å². The molecule has 2 rings (SSSR count). The van der Waals surface area contributed by atoms with E-state index in [-0.39, 0.29) is 0 Å². The van der Waals surface area contributed by atoms with Crippen LogP contribution in [0.2, 0.25) is 0 Å². The summed E-state index contributed by atoms with van der Waals surface area (Å²) < 4.78 is 0. The van der Waals surface area contributed by atoms with Gasteiger partial charge in [-0.1, -0.05) is 13.8 Å². The molecule has 2 aliphatic rings. The van der Waals surface area contributed by atoms with Gasteiger partial charge in [-0.15, -0.1) is 0 Å². The summed E-state index contributed by atoms with van der Waals surface area (Å²) in [5.41, 5.74) is 0. The molecule has 0 unspecified atom stereocenters. The van der Waals surface area contributed by atoms with Crippen molar-refractivity contribution in [3.63, 3.8) is 0 Å². The van der Waals surface area contributed by atoms with Gasteiger partial charge < -0.3 is 0 Å². The van der Waals surface area contributed by atoms with E-state index >= 15 is 0 Å². The van der Waals surface area contributed by atoms with Crippen molar-refractivity contribution in [3.8, 4) is 0 Å². The molecule has 2 fully saturated rings. The summed E-state index contributed by atoms with van der Waals surface area (Å²) in [4.78, 5) is 0. The standard InChI is InChI=1S/C10H18S/c1-7(2)11-10(8-3-4-8)9-5-6-9/h7-10H,3-6H2,1-2H3. The van der Waals surface area contributed by atoms with Crippen LogP contribution in [-0.2, 0) is 0 Å². The van der Waals surface area contributed by atoms with E-state index in [9.17, 15) is 0 Å². The Hall–Kier alpha value is 0.350. The minimum absolute atomic E-state index is 0.848. The Labute approximate surface area is 74.1 Å². The molecule has 2 saturated carbocycles. The van der Waals surface area contributed by atoms with Gasteiger partial charge in [-0.3, -0.25) is 0 Å². The highest BCUT2D eigenvalue weighted by molar-refractivity contribution is 8.00. The summed E-state index contributed by atoms with van der Waals surface area (Å²) >= 11 is 2.24. The molecule has 11 heavy (non-hydrogen) atoms. The van der Waals surface area contributed by atoms with E-state index in [2.05, 4.69) is 25.6 Å². The van der Waals surface area contributed by atoms with Gasteiger partial charge in [0.2, 0.25) is 0 Å². The third-order valence-electron chi connectivity index (χ3n) is 2.60. The lowest BCUT2D eigenvalue weighted by atomic mass is 10.2. The van der Waals surface area contributed by atoms with Gasteiger partial charge in [0.05, 0.1) is 0 Å². The fourth-order valence-corrected chi connectivity index (χ4v) is 3.39. The number of hydrogen-bond acceptors (Lipinski definition) is 1. The molecule has 0 saturated heterocycles. The molecule has 0 aliphatic heterocycles. The molecular weight excluding hydrogens is 152 g/mol. The van der Waals surface area contributed by atoms with Crippen LogP contribution < -0.4 is 0 Å². The second-order valence-corrected chi connectivity index (χ2v) is 6.08. The van der Waals surface area contributed by atoms with Gasteiger partial charge in [0.15, 0.2) is 0 Å². The Morgan fingerprint density at radius 1 is 1.00 bits per heavy atom. The number of thioether (sulfide) groups is 1. The topological polar surface area (TPSA) is 0 Å². The van der Waals surface area contributed by atoms with Crippen LogP contribution in [0.1, 0.15) is 39.5 Å². The second kappa shape index (κ2) is 3.01.